The summed E-state index contributed by atoms with van der Waals surface area (Å²) in [5, 5.41) is 0. The first kappa shape index (κ1) is 17.0. The minimum absolute atomic E-state index is 0.822. The maximum atomic E-state index is 6.30. The highest BCUT2D eigenvalue weighted by atomic mass is 16.5. The highest BCUT2D eigenvalue weighted by molar-refractivity contribution is 5.83. The number of methoxy groups -OCH3 is 2. The van der Waals surface area contributed by atoms with Crippen LogP contribution in [-0.2, 0) is 0 Å². The van der Waals surface area contributed by atoms with Gasteiger partial charge in [0, 0.05) is 16.7 Å². The summed E-state index contributed by atoms with van der Waals surface area (Å²) in [5.74, 6) is 3.33. The Hall–Kier alpha value is -3.46. The van der Waals surface area contributed by atoms with Gasteiger partial charge in [0.05, 0.1) is 14.2 Å². The quantitative estimate of drug-likeness (QED) is 0.421. The first-order valence-electron chi connectivity index (χ1n) is 8.76. The molecule has 1 heterocycles. The van der Waals surface area contributed by atoms with Crippen LogP contribution >= 0.6 is 0 Å². The van der Waals surface area contributed by atoms with E-state index in [4.69, 9.17) is 13.9 Å². The molecule has 4 aromatic rings. The molecule has 0 bridgehead atoms. The molecule has 0 N–H and O–H groups in total. The van der Waals surface area contributed by atoms with Crippen LogP contribution in [-0.4, -0.2) is 14.2 Å². The minimum atomic E-state index is 0.822. The minimum Gasteiger partial charge on any atom is -0.497 e. The topological polar surface area (TPSA) is 31.6 Å². The molecule has 134 valence electrons. The maximum Gasteiger partial charge on any atom is 0.142 e. The Morgan fingerprint density at radius 2 is 1.15 bits per heavy atom. The molecule has 0 atom stereocenters. The van der Waals surface area contributed by atoms with Crippen LogP contribution in [0.15, 0.2) is 89.3 Å². The zero-order valence-corrected chi connectivity index (χ0v) is 15.3. The van der Waals surface area contributed by atoms with E-state index in [1.807, 2.05) is 66.7 Å². The lowest BCUT2D eigenvalue weighted by Crippen LogP contribution is -1.83. The lowest BCUT2D eigenvalue weighted by molar-refractivity contribution is 0.414. The van der Waals surface area contributed by atoms with Gasteiger partial charge < -0.3 is 13.9 Å². The monoisotopic (exact) mass is 356 g/mol. The standard InChI is InChI=1S/C24H20O3/c1-25-20-12-8-17(9-13-20)22-16-23(18-10-14-21(26-2)15-11-18)27-24(22)19-6-4-3-5-7-19/h3-16H,1-2H3. The van der Waals surface area contributed by atoms with Gasteiger partial charge in [-0.05, 0) is 48.0 Å². The van der Waals surface area contributed by atoms with Crippen LogP contribution in [0.2, 0.25) is 0 Å². The summed E-state index contributed by atoms with van der Waals surface area (Å²) in [6.45, 7) is 0. The van der Waals surface area contributed by atoms with Gasteiger partial charge in [0.2, 0.25) is 0 Å². The SMILES string of the molecule is COc1ccc(-c2cc(-c3ccc(OC)cc3)c(-c3ccccc3)o2)cc1. The van der Waals surface area contributed by atoms with E-state index in [0.717, 1.165) is 45.3 Å². The normalized spacial score (nSPS) is 10.6. The predicted octanol–water partition coefficient (Wildman–Crippen LogP) is 6.30. The van der Waals surface area contributed by atoms with Crippen LogP contribution in [0.1, 0.15) is 0 Å². The molecule has 27 heavy (non-hydrogen) atoms. The predicted molar refractivity (Wildman–Crippen MR) is 108 cm³/mol. The van der Waals surface area contributed by atoms with Crippen molar-refractivity contribution in [3.63, 3.8) is 0 Å². The Morgan fingerprint density at radius 1 is 0.593 bits per heavy atom. The molecule has 0 fully saturated rings. The van der Waals surface area contributed by atoms with E-state index in [9.17, 15) is 0 Å². The molecule has 3 nitrogen and oxygen atoms in total. The molecule has 0 radical (unpaired) electrons. The van der Waals surface area contributed by atoms with Crippen molar-refractivity contribution in [1.29, 1.82) is 0 Å². The van der Waals surface area contributed by atoms with Gasteiger partial charge >= 0.3 is 0 Å². The molecule has 0 saturated carbocycles. The molecule has 3 heteroatoms. The van der Waals surface area contributed by atoms with E-state index >= 15 is 0 Å². The molecular weight excluding hydrogens is 336 g/mol. The van der Waals surface area contributed by atoms with E-state index in [2.05, 4.69) is 18.2 Å². The van der Waals surface area contributed by atoms with Gasteiger partial charge in [0.25, 0.3) is 0 Å². The van der Waals surface area contributed by atoms with E-state index in [1.54, 1.807) is 14.2 Å². The second-order valence-electron chi connectivity index (χ2n) is 6.18. The van der Waals surface area contributed by atoms with E-state index in [0.29, 0.717) is 0 Å². The number of rotatable bonds is 5. The van der Waals surface area contributed by atoms with Gasteiger partial charge in [-0.3, -0.25) is 0 Å². The molecule has 0 aliphatic carbocycles. The second-order valence-corrected chi connectivity index (χ2v) is 6.18. The zero-order chi connectivity index (χ0) is 18.6. The smallest absolute Gasteiger partial charge is 0.142 e. The van der Waals surface area contributed by atoms with Crippen molar-refractivity contribution in [3.05, 3.63) is 84.9 Å². The summed E-state index contributed by atoms with van der Waals surface area (Å²) in [6, 6.07) is 28.2. The molecular formula is C24H20O3. The highest BCUT2D eigenvalue weighted by Gasteiger charge is 2.16. The Bertz CT molecular complexity index is 1010. The molecule has 4 rings (SSSR count). The van der Waals surface area contributed by atoms with Gasteiger partial charge in [-0.1, -0.05) is 42.5 Å². The summed E-state index contributed by atoms with van der Waals surface area (Å²) >= 11 is 0. The van der Waals surface area contributed by atoms with Gasteiger partial charge in [-0.15, -0.1) is 0 Å². The number of benzene rings is 3. The van der Waals surface area contributed by atoms with Crippen molar-refractivity contribution in [1.82, 2.24) is 0 Å². The third kappa shape index (κ3) is 3.44. The lowest BCUT2D eigenvalue weighted by Gasteiger charge is -2.04. The molecule has 0 saturated heterocycles. The lowest BCUT2D eigenvalue weighted by atomic mass is 10.0. The summed E-state index contributed by atoms with van der Waals surface area (Å²) in [7, 11) is 3.33. The van der Waals surface area contributed by atoms with Crippen LogP contribution in [0.3, 0.4) is 0 Å². The van der Waals surface area contributed by atoms with Crippen molar-refractivity contribution in [2.24, 2.45) is 0 Å². The first-order chi connectivity index (χ1) is 13.3. The zero-order valence-electron chi connectivity index (χ0n) is 15.3. The fourth-order valence-corrected chi connectivity index (χ4v) is 3.08. The Morgan fingerprint density at radius 3 is 1.70 bits per heavy atom. The fraction of sp³-hybridized carbons (Fsp3) is 0.0833. The number of furan rings is 1. The Balaban J connectivity index is 1.83. The molecule has 0 amide bonds. The van der Waals surface area contributed by atoms with Gasteiger partial charge in [-0.25, -0.2) is 0 Å². The molecule has 3 aromatic carbocycles. The van der Waals surface area contributed by atoms with Crippen molar-refractivity contribution in [2.75, 3.05) is 14.2 Å². The van der Waals surface area contributed by atoms with Crippen molar-refractivity contribution in [3.8, 4) is 45.3 Å². The Labute approximate surface area is 158 Å². The van der Waals surface area contributed by atoms with Crippen LogP contribution in [0, 0.1) is 0 Å². The molecule has 0 spiro atoms. The molecule has 0 unspecified atom stereocenters. The van der Waals surface area contributed by atoms with Gasteiger partial charge in [-0.2, -0.15) is 0 Å². The van der Waals surface area contributed by atoms with E-state index < -0.39 is 0 Å². The average molecular weight is 356 g/mol. The summed E-state index contributed by atoms with van der Waals surface area (Å²) in [5.41, 5.74) is 4.18. The van der Waals surface area contributed by atoms with Crippen LogP contribution in [0.5, 0.6) is 11.5 Å². The summed E-state index contributed by atoms with van der Waals surface area (Å²) < 4.78 is 16.8. The largest absolute Gasteiger partial charge is 0.497 e. The van der Waals surface area contributed by atoms with E-state index in [1.165, 1.54) is 0 Å². The fourth-order valence-electron chi connectivity index (χ4n) is 3.08. The van der Waals surface area contributed by atoms with Crippen molar-refractivity contribution in [2.45, 2.75) is 0 Å². The molecule has 1 aromatic heterocycles. The van der Waals surface area contributed by atoms with Gasteiger partial charge in [0.15, 0.2) is 0 Å². The number of ether oxygens (including phenoxy) is 2. The van der Waals surface area contributed by atoms with Crippen LogP contribution in [0.4, 0.5) is 0 Å². The third-order valence-electron chi connectivity index (χ3n) is 4.54. The summed E-state index contributed by atoms with van der Waals surface area (Å²) in [6.07, 6.45) is 0. The van der Waals surface area contributed by atoms with Crippen molar-refractivity contribution < 1.29 is 13.9 Å². The summed E-state index contributed by atoms with van der Waals surface area (Å²) in [4.78, 5) is 0. The number of hydrogen-bond acceptors (Lipinski definition) is 3. The average Bonchev–Trinajstić information content (AvgIpc) is 3.20. The van der Waals surface area contributed by atoms with Crippen LogP contribution in [0.25, 0.3) is 33.8 Å². The third-order valence-corrected chi connectivity index (χ3v) is 4.54. The first-order valence-corrected chi connectivity index (χ1v) is 8.76. The second kappa shape index (κ2) is 7.42. The van der Waals surface area contributed by atoms with Gasteiger partial charge in [0.1, 0.15) is 23.0 Å². The maximum absolute atomic E-state index is 6.30. The number of hydrogen-bond donors (Lipinski definition) is 0. The van der Waals surface area contributed by atoms with Crippen molar-refractivity contribution >= 4 is 0 Å². The highest BCUT2D eigenvalue weighted by Crippen LogP contribution is 2.39. The molecule has 0 aliphatic heterocycles. The molecule has 0 aliphatic rings. The van der Waals surface area contributed by atoms with Crippen LogP contribution < -0.4 is 9.47 Å². The Kier molecular flexibility index (Phi) is 4.67. The van der Waals surface area contributed by atoms with E-state index in [-0.39, 0.29) is 0 Å².